The van der Waals surface area contributed by atoms with Gasteiger partial charge in [0, 0.05) is 13.1 Å². The number of amides is 2. The molecule has 0 aliphatic carbocycles. The molecule has 2 N–H and O–H groups in total. The second kappa shape index (κ2) is 10.2. The summed E-state index contributed by atoms with van der Waals surface area (Å²) in [5.74, 6) is 0. The van der Waals surface area contributed by atoms with Crippen LogP contribution in [0.3, 0.4) is 0 Å². The lowest BCUT2D eigenvalue weighted by Gasteiger charge is -2.24. The van der Waals surface area contributed by atoms with Crippen LogP contribution in [0.4, 0.5) is 9.59 Å². The largest absolute Gasteiger partial charge is 0.444 e. The molecule has 0 radical (unpaired) electrons. The highest BCUT2D eigenvalue weighted by Crippen LogP contribution is 2.08. The van der Waals surface area contributed by atoms with Crippen LogP contribution in [0.15, 0.2) is 30.3 Å². The molecule has 2 amide bonds. The highest BCUT2D eigenvalue weighted by Gasteiger charge is 2.20. The molecule has 1 aromatic rings. The summed E-state index contributed by atoms with van der Waals surface area (Å²) in [6.45, 7) is 11.5. The Balaban J connectivity index is 2.57. The summed E-state index contributed by atoms with van der Waals surface area (Å²) < 4.78 is 16.3. The zero-order valence-electron chi connectivity index (χ0n) is 17.1. The Labute approximate surface area is 161 Å². The van der Waals surface area contributed by atoms with Crippen molar-refractivity contribution in [3.8, 4) is 0 Å². The van der Waals surface area contributed by atoms with Crippen molar-refractivity contribution in [3.05, 3.63) is 35.9 Å². The minimum atomic E-state index is -0.584. The molecule has 0 saturated heterocycles. The lowest BCUT2D eigenvalue weighted by atomic mass is 10.2. The summed E-state index contributed by atoms with van der Waals surface area (Å²) in [5.41, 5.74) is -0.171. The number of hydrogen-bond donors (Lipinski definition) is 2. The molecular formula is C20H32N2O5. The number of carbonyl (C=O) groups excluding carboxylic acids is 2. The van der Waals surface area contributed by atoms with Crippen LogP contribution in [-0.2, 0) is 20.8 Å². The minimum Gasteiger partial charge on any atom is -0.444 e. The smallest absolute Gasteiger partial charge is 0.407 e. The molecule has 0 aliphatic heterocycles. The van der Waals surface area contributed by atoms with Gasteiger partial charge in [0.1, 0.15) is 11.2 Å². The number of hydrogen-bond acceptors (Lipinski definition) is 5. The zero-order chi connectivity index (χ0) is 20.5. The molecule has 152 valence electrons. The molecular weight excluding hydrogens is 348 g/mol. The van der Waals surface area contributed by atoms with Crippen LogP contribution in [0.2, 0.25) is 0 Å². The van der Waals surface area contributed by atoms with Gasteiger partial charge in [-0.3, -0.25) is 0 Å². The molecule has 0 spiro atoms. The first-order valence-electron chi connectivity index (χ1n) is 9.04. The number of rotatable bonds is 7. The van der Waals surface area contributed by atoms with Crippen molar-refractivity contribution in [1.82, 2.24) is 10.6 Å². The van der Waals surface area contributed by atoms with E-state index in [4.69, 9.17) is 14.2 Å². The summed E-state index contributed by atoms with van der Waals surface area (Å²) in [7, 11) is 0. The molecule has 7 nitrogen and oxygen atoms in total. The SMILES string of the molecule is CC(C)(C)OC(=O)NCC(CNC(=O)OC(C)(C)C)OCc1ccccc1. The number of benzene rings is 1. The van der Waals surface area contributed by atoms with Gasteiger partial charge in [-0.2, -0.15) is 0 Å². The van der Waals surface area contributed by atoms with Gasteiger partial charge in [0.15, 0.2) is 0 Å². The second-order valence-electron chi connectivity index (χ2n) is 8.18. The van der Waals surface area contributed by atoms with Gasteiger partial charge in [-0.15, -0.1) is 0 Å². The monoisotopic (exact) mass is 380 g/mol. The maximum atomic E-state index is 11.9. The summed E-state index contributed by atoms with van der Waals surface area (Å²) in [6, 6.07) is 9.66. The molecule has 0 aliphatic rings. The lowest BCUT2D eigenvalue weighted by molar-refractivity contribution is 0.0224. The average Bonchev–Trinajstić information content (AvgIpc) is 2.51. The predicted molar refractivity (Wildman–Crippen MR) is 103 cm³/mol. The molecule has 0 atom stereocenters. The molecule has 0 heterocycles. The molecule has 0 unspecified atom stereocenters. The molecule has 0 bridgehead atoms. The van der Waals surface area contributed by atoms with E-state index >= 15 is 0 Å². The second-order valence-corrected chi connectivity index (χ2v) is 8.18. The van der Waals surface area contributed by atoms with Crippen LogP contribution in [0.1, 0.15) is 47.1 Å². The summed E-state index contributed by atoms with van der Waals surface area (Å²) in [4.78, 5) is 23.7. The van der Waals surface area contributed by atoms with Crippen LogP contribution in [0.25, 0.3) is 0 Å². The molecule has 7 heteroatoms. The Kier molecular flexibility index (Phi) is 8.56. The van der Waals surface area contributed by atoms with E-state index < -0.39 is 29.5 Å². The maximum absolute atomic E-state index is 11.9. The Morgan fingerprint density at radius 3 is 1.70 bits per heavy atom. The normalized spacial score (nSPS) is 11.8. The van der Waals surface area contributed by atoms with Crippen LogP contribution >= 0.6 is 0 Å². The van der Waals surface area contributed by atoms with Gasteiger partial charge in [0.25, 0.3) is 0 Å². The summed E-state index contributed by atoms with van der Waals surface area (Å²) >= 11 is 0. The van der Waals surface area contributed by atoms with Gasteiger partial charge in [-0.25, -0.2) is 9.59 Å². The Morgan fingerprint density at radius 2 is 1.30 bits per heavy atom. The molecule has 0 aromatic heterocycles. The van der Waals surface area contributed by atoms with Gasteiger partial charge < -0.3 is 24.8 Å². The van der Waals surface area contributed by atoms with Crippen LogP contribution in [0.5, 0.6) is 0 Å². The predicted octanol–water partition coefficient (Wildman–Crippen LogP) is 3.62. The fraction of sp³-hybridized carbons (Fsp3) is 0.600. The van der Waals surface area contributed by atoms with E-state index in [9.17, 15) is 9.59 Å². The van der Waals surface area contributed by atoms with Gasteiger partial charge >= 0.3 is 12.2 Å². The van der Waals surface area contributed by atoms with E-state index in [0.29, 0.717) is 6.61 Å². The van der Waals surface area contributed by atoms with Crippen molar-refractivity contribution >= 4 is 12.2 Å². The van der Waals surface area contributed by atoms with Gasteiger partial charge in [0.2, 0.25) is 0 Å². The third kappa shape index (κ3) is 11.9. The Hall–Kier alpha value is -2.28. The first kappa shape index (κ1) is 22.8. The van der Waals surface area contributed by atoms with E-state index in [1.54, 1.807) is 41.5 Å². The van der Waals surface area contributed by atoms with Crippen molar-refractivity contribution < 1.29 is 23.8 Å². The number of alkyl carbamates (subject to hydrolysis) is 2. The van der Waals surface area contributed by atoms with Gasteiger partial charge in [-0.1, -0.05) is 30.3 Å². The van der Waals surface area contributed by atoms with Crippen molar-refractivity contribution in [3.63, 3.8) is 0 Å². The minimum absolute atomic E-state index is 0.192. The number of carbonyl (C=O) groups is 2. The first-order valence-corrected chi connectivity index (χ1v) is 9.04. The van der Waals surface area contributed by atoms with Gasteiger partial charge in [-0.05, 0) is 47.1 Å². The van der Waals surface area contributed by atoms with E-state index in [0.717, 1.165) is 5.56 Å². The van der Waals surface area contributed by atoms with Crippen LogP contribution in [-0.4, -0.2) is 42.6 Å². The van der Waals surface area contributed by atoms with E-state index in [1.165, 1.54) is 0 Å². The van der Waals surface area contributed by atoms with Crippen molar-refractivity contribution in [2.75, 3.05) is 13.1 Å². The van der Waals surface area contributed by atoms with Gasteiger partial charge in [0.05, 0.1) is 12.7 Å². The first-order chi connectivity index (χ1) is 12.4. The summed E-state index contributed by atoms with van der Waals surface area (Å²) in [5, 5.41) is 5.34. The topological polar surface area (TPSA) is 85.9 Å². The molecule has 0 saturated carbocycles. The molecule has 0 fully saturated rings. The fourth-order valence-corrected chi connectivity index (χ4v) is 2.00. The lowest BCUT2D eigenvalue weighted by Crippen LogP contribution is -2.44. The van der Waals surface area contributed by atoms with E-state index in [-0.39, 0.29) is 13.1 Å². The number of nitrogens with one attached hydrogen (secondary N) is 2. The number of ether oxygens (including phenoxy) is 3. The third-order valence-electron chi connectivity index (χ3n) is 3.07. The molecule has 1 aromatic carbocycles. The summed E-state index contributed by atoms with van der Waals surface area (Å²) in [6.07, 6.45) is -1.51. The molecule has 1 rings (SSSR count). The maximum Gasteiger partial charge on any atom is 0.407 e. The Bertz CT molecular complexity index is 559. The highest BCUT2D eigenvalue weighted by molar-refractivity contribution is 5.68. The zero-order valence-corrected chi connectivity index (χ0v) is 17.1. The van der Waals surface area contributed by atoms with Crippen LogP contribution < -0.4 is 10.6 Å². The van der Waals surface area contributed by atoms with Crippen molar-refractivity contribution in [2.24, 2.45) is 0 Å². The third-order valence-corrected chi connectivity index (χ3v) is 3.07. The quantitative estimate of drug-likeness (QED) is 0.754. The van der Waals surface area contributed by atoms with Crippen molar-refractivity contribution in [1.29, 1.82) is 0 Å². The van der Waals surface area contributed by atoms with Crippen LogP contribution in [0, 0.1) is 0 Å². The van der Waals surface area contributed by atoms with Crippen molar-refractivity contribution in [2.45, 2.75) is 65.5 Å². The standard InChI is InChI=1S/C20H32N2O5/c1-19(2,3)26-17(23)21-12-16(13-22-18(24)27-20(4,5)6)25-14-15-10-8-7-9-11-15/h7-11,16H,12-14H2,1-6H3,(H,21,23)(H,22,24). The average molecular weight is 380 g/mol. The fourth-order valence-electron chi connectivity index (χ4n) is 2.00. The Morgan fingerprint density at radius 1 is 0.852 bits per heavy atom. The van der Waals surface area contributed by atoms with E-state index in [1.807, 2.05) is 30.3 Å². The highest BCUT2D eigenvalue weighted by atomic mass is 16.6. The van der Waals surface area contributed by atoms with E-state index in [2.05, 4.69) is 10.6 Å². The molecule has 27 heavy (non-hydrogen) atoms.